The molecule has 0 bridgehead atoms. The quantitative estimate of drug-likeness (QED) is 0.295. The maximum Gasteiger partial charge on any atom is 0.307 e. The molecule has 10 heteroatoms. The Morgan fingerprint density at radius 2 is 1.78 bits per heavy atom. The second-order valence-corrected chi connectivity index (χ2v) is 4.37. The molecule has 1 aliphatic carbocycles. The number of hydrogen-bond acceptors (Lipinski definition) is 4. The van der Waals surface area contributed by atoms with Crippen LogP contribution in [0.2, 0.25) is 0 Å². The number of nitrogens with zero attached hydrogens (tertiary/aromatic N) is 1. The number of alkyl halides is 1. The van der Waals surface area contributed by atoms with Gasteiger partial charge in [0.05, 0.1) is 18.1 Å². The second-order valence-electron chi connectivity index (χ2n) is 4.37. The maximum absolute atomic E-state index is 12.8. The van der Waals surface area contributed by atoms with Crippen LogP contribution in [0.5, 0.6) is 0 Å². The molecular weight excluding hydrogens is 327 g/mol. The number of nitro groups is 1. The van der Waals surface area contributed by atoms with Gasteiger partial charge in [0.2, 0.25) is 5.82 Å². The zero-order valence-corrected chi connectivity index (χ0v) is 11.7. The van der Waals surface area contributed by atoms with Crippen molar-refractivity contribution < 1.29 is 31.6 Å². The van der Waals surface area contributed by atoms with Crippen molar-refractivity contribution >= 4 is 5.69 Å². The minimum Gasteiger partial charge on any atom is -0.494 e. The van der Waals surface area contributed by atoms with Crippen LogP contribution in [0.15, 0.2) is 35.9 Å². The zero-order chi connectivity index (χ0) is 17.8. The summed E-state index contributed by atoms with van der Waals surface area (Å²) in [6.07, 6.45) is 1.95. The lowest BCUT2D eigenvalue weighted by Gasteiger charge is -2.19. The topological polar surface area (TPSA) is 78.4 Å². The van der Waals surface area contributed by atoms with Gasteiger partial charge in [-0.1, -0.05) is 0 Å². The first-order chi connectivity index (χ1) is 10.6. The molecule has 1 unspecified atom stereocenters. The van der Waals surface area contributed by atoms with E-state index in [0.717, 1.165) is 0 Å². The van der Waals surface area contributed by atoms with Crippen molar-refractivity contribution in [2.75, 3.05) is 7.11 Å². The average molecular weight is 338 g/mol. The Morgan fingerprint density at radius 1 is 1.22 bits per heavy atom. The smallest absolute Gasteiger partial charge is 0.307 e. The summed E-state index contributed by atoms with van der Waals surface area (Å²) in [5.74, 6) is -7.04. The molecule has 126 valence electrons. The molecule has 0 saturated carbocycles. The summed E-state index contributed by atoms with van der Waals surface area (Å²) in [6.45, 7) is 0. The third-order valence-corrected chi connectivity index (χ3v) is 2.61. The Kier molecular flexibility index (Phi) is 5.79. The van der Waals surface area contributed by atoms with Crippen molar-refractivity contribution in [3.8, 4) is 0 Å². The highest BCUT2D eigenvalue weighted by atomic mass is 19.2. The molecule has 1 aromatic carbocycles. The van der Waals surface area contributed by atoms with Gasteiger partial charge in [-0.15, -0.1) is 0 Å². The standard InChI is InChI=1S/C7H9F2NO.C6H2F3NO2/c1-11-6-2-3-7(9,10)4-5(6)8;7-3-1-5(9)6(10(11)12)2-4(3)8/h2,4H,3,10H2,1H3;1-2H. The predicted molar refractivity (Wildman–Crippen MR) is 69.9 cm³/mol. The van der Waals surface area contributed by atoms with Crippen molar-refractivity contribution in [1.82, 2.24) is 0 Å². The minimum absolute atomic E-state index is 0.0451. The van der Waals surface area contributed by atoms with Crippen molar-refractivity contribution in [2.24, 2.45) is 5.73 Å². The van der Waals surface area contributed by atoms with E-state index >= 15 is 0 Å². The molecule has 0 aliphatic heterocycles. The van der Waals surface area contributed by atoms with E-state index in [1.165, 1.54) is 13.2 Å². The van der Waals surface area contributed by atoms with Gasteiger partial charge in [-0.25, -0.2) is 17.6 Å². The largest absolute Gasteiger partial charge is 0.494 e. The summed E-state index contributed by atoms with van der Waals surface area (Å²) in [5, 5.41) is 9.96. The van der Waals surface area contributed by atoms with Gasteiger partial charge < -0.3 is 4.74 Å². The van der Waals surface area contributed by atoms with Crippen molar-refractivity contribution in [1.29, 1.82) is 0 Å². The number of ether oxygens (including phenoxy) is 1. The Bertz CT molecular complexity index is 674. The van der Waals surface area contributed by atoms with Crippen molar-refractivity contribution in [3.63, 3.8) is 0 Å². The van der Waals surface area contributed by atoms with Crippen LogP contribution in [0.1, 0.15) is 6.42 Å². The molecule has 0 fully saturated rings. The number of benzene rings is 1. The van der Waals surface area contributed by atoms with Crippen LogP contribution in [-0.4, -0.2) is 17.8 Å². The average Bonchev–Trinajstić information content (AvgIpc) is 2.42. The molecule has 5 nitrogen and oxygen atoms in total. The van der Waals surface area contributed by atoms with Gasteiger partial charge in [-0.3, -0.25) is 15.8 Å². The first-order valence-electron chi connectivity index (χ1n) is 5.97. The van der Waals surface area contributed by atoms with E-state index in [2.05, 4.69) is 4.74 Å². The van der Waals surface area contributed by atoms with Gasteiger partial charge in [-0.2, -0.15) is 4.39 Å². The fraction of sp³-hybridized carbons (Fsp3) is 0.231. The summed E-state index contributed by atoms with van der Waals surface area (Å²) in [7, 11) is 1.32. The van der Waals surface area contributed by atoms with E-state index in [-0.39, 0.29) is 24.3 Å². The Hall–Kier alpha value is -2.49. The van der Waals surface area contributed by atoms with E-state index in [1.54, 1.807) is 0 Å². The van der Waals surface area contributed by atoms with Crippen molar-refractivity contribution in [3.05, 3.63) is 63.4 Å². The lowest BCUT2D eigenvalue weighted by atomic mass is 10.1. The molecule has 23 heavy (non-hydrogen) atoms. The highest BCUT2D eigenvalue weighted by Gasteiger charge is 2.26. The number of hydrogen-bond donors (Lipinski definition) is 1. The Labute approximate surface area is 127 Å². The summed E-state index contributed by atoms with van der Waals surface area (Å²) in [5.41, 5.74) is 3.93. The number of methoxy groups -OCH3 is 1. The van der Waals surface area contributed by atoms with Crippen LogP contribution in [-0.2, 0) is 4.74 Å². The second kappa shape index (κ2) is 7.18. The molecular formula is C13H11F5N2O3. The first kappa shape index (κ1) is 18.6. The Morgan fingerprint density at radius 3 is 2.26 bits per heavy atom. The SMILES string of the molecule is COC1=CCC(N)(F)C=C1F.O=[N+]([O-])c1cc(F)c(F)cc1F. The van der Waals surface area contributed by atoms with E-state index in [9.17, 15) is 32.1 Å². The van der Waals surface area contributed by atoms with Gasteiger partial charge in [0, 0.05) is 18.6 Å². The van der Waals surface area contributed by atoms with Crippen molar-refractivity contribution in [2.45, 2.75) is 12.2 Å². The summed E-state index contributed by atoms with van der Waals surface area (Å²) < 4.78 is 67.0. The van der Waals surface area contributed by atoms with Crippen LogP contribution in [0, 0.1) is 27.6 Å². The number of nitro benzene ring substituents is 1. The number of halogens is 5. The molecule has 0 saturated heterocycles. The predicted octanol–water partition coefficient (Wildman–Crippen LogP) is 3.41. The summed E-state index contributed by atoms with van der Waals surface area (Å²) in [6, 6.07) is 0.331. The number of nitrogens with two attached hydrogens (primary N) is 1. The van der Waals surface area contributed by atoms with Gasteiger partial charge in [-0.05, 0) is 6.08 Å². The highest BCUT2D eigenvalue weighted by Crippen LogP contribution is 2.26. The summed E-state index contributed by atoms with van der Waals surface area (Å²) >= 11 is 0. The van der Waals surface area contributed by atoms with Crippen LogP contribution >= 0.6 is 0 Å². The normalized spacial score (nSPS) is 20.0. The van der Waals surface area contributed by atoms with Gasteiger partial charge in [0.25, 0.3) is 0 Å². The molecule has 0 radical (unpaired) electrons. The van der Waals surface area contributed by atoms with Crippen LogP contribution in [0.25, 0.3) is 0 Å². The molecule has 0 heterocycles. The fourth-order valence-corrected chi connectivity index (χ4v) is 1.52. The van der Waals surface area contributed by atoms with E-state index in [4.69, 9.17) is 5.73 Å². The molecule has 0 spiro atoms. The molecule has 0 aromatic heterocycles. The fourth-order valence-electron chi connectivity index (χ4n) is 1.52. The molecule has 1 aliphatic rings. The highest BCUT2D eigenvalue weighted by molar-refractivity contribution is 5.32. The number of rotatable bonds is 2. The molecule has 2 N–H and O–H groups in total. The van der Waals surface area contributed by atoms with E-state index < -0.39 is 39.7 Å². The van der Waals surface area contributed by atoms with E-state index in [0.29, 0.717) is 6.08 Å². The van der Waals surface area contributed by atoms with E-state index in [1.807, 2.05) is 0 Å². The monoisotopic (exact) mass is 338 g/mol. The van der Waals surface area contributed by atoms with Gasteiger partial charge >= 0.3 is 5.69 Å². The van der Waals surface area contributed by atoms with Crippen LogP contribution in [0.4, 0.5) is 27.6 Å². The zero-order valence-electron chi connectivity index (χ0n) is 11.7. The summed E-state index contributed by atoms with van der Waals surface area (Å²) in [4.78, 5) is 8.83. The van der Waals surface area contributed by atoms with Gasteiger partial charge in [0.15, 0.2) is 29.0 Å². The third kappa shape index (κ3) is 5.02. The maximum atomic E-state index is 12.8. The van der Waals surface area contributed by atoms with Crippen LogP contribution in [0.3, 0.4) is 0 Å². The van der Waals surface area contributed by atoms with Crippen LogP contribution < -0.4 is 5.73 Å². The molecule has 0 amide bonds. The third-order valence-electron chi connectivity index (χ3n) is 2.61. The first-order valence-corrected chi connectivity index (χ1v) is 5.97. The number of allylic oxidation sites excluding steroid dienone is 1. The molecule has 1 aromatic rings. The lowest BCUT2D eigenvalue weighted by Crippen LogP contribution is -2.33. The van der Waals surface area contributed by atoms with Gasteiger partial charge in [0.1, 0.15) is 0 Å². The lowest BCUT2D eigenvalue weighted by molar-refractivity contribution is -0.387. The molecule has 2 rings (SSSR count). The minimum atomic E-state index is -2.06. The molecule has 1 atom stereocenters. The Balaban J connectivity index is 0.000000231.